The van der Waals surface area contributed by atoms with Gasteiger partial charge in [-0.25, -0.2) is 0 Å². The van der Waals surface area contributed by atoms with Crippen molar-refractivity contribution in [1.29, 1.82) is 0 Å². The minimum absolute atomic E-state index is 0.00560. The van der Waals surface area contributed by atoms with Crippen molar-refractivity contribution in [1.82, 2.24) is 10.6 Å². The van der Waals surface area contributed by atoms with Crippen molar-refractivity contribution >= 4 is 23.4 Å². The van der Waals surface area contributed by atoms with Crippen LogP contribution in [-0.4, -0.2) is 23.9 Å². The van der Waals surface area contributed by atoms with Crippen LogP contribution in [0.15, 0.2) is 24.3 Å². The number of aryl methyl sites for hydroxylation is 1. The van der Waals surface area contributed by atoms with Crippen molar-refractivity contribution in [3.63, 3.8) is 0 Å². The molecule has 110 valence electrons. The normalized spacial score (nSPS) is 11.0. The van der Waals surface area contributed by atoms with Crippen LogP contribution in [0.3, 0.4) is 0 Å². The lowest BCUT2D eigenvalue weighted by Gasteiger charge is -2.20. The SMILES string of the molecule is CC(C)(C)NC(=O)CNC(=O)CCc1cccc(Cl)c1. The molecule has 0 aromatic heterocycles. The Morgan fingerprint density at radius 3 is 2.50 bits per heavy atom. The average molecular weight is 297 g/mol. The van der Waals surface area contributed by atoms with Gasteiger partial charge < -0.3 is 10.6 Å². The number of carbonyl (C=O) groups is 2. The molecule has 5 heteroatoms. The first-order valence-corrected chi connectivity index (χ1v) is 6.96. The van der Waals surface area contributed by atoms with Gasteiger partial charge in [0.05, 0.1) is 6.54 Å². The standard InChI is InChI=1S/C15H21ClN2O2/c1-15(2,3)18-14(20)10-17-13(19)8-7-11-5-4-6-12(16)9-11/h4-6,9H,7-8,10H2,1-3H3,(H,17,19)(H,18,20). The van der Waals surface area contributed by atoms with Crippen LogP contribution in [0, 0.1) is 0 Å². The lowest BCUT2D eigenvalue weighted by molar-refractivity contribution is -0.126. The van der Waals surface area contributed by atoms with Crippen molar-refractivity contribution in [3.05, 3.63) is 34.9 Å². The molecule has 0 bridgehead atoms. The third kappa shape index (κ3) is 7.14. The molecule has 0 fully saturated rings. The second kappa shape index (κ2) is 7.29. The summed E-state index contributed by atoms with van der Waals surface area (Å²) in [5.74, 6) is -0.331. The Morgan fingerprint density at radius 1 is 1.20 bits per heavy atom. The lowest BCUT2D eigenvalue weighted by Crippen LogP contribution is -2.45. The first kappa shape index (κ1) is 16.5. The van der Waals surface area contributed by atoms with Gasteiger partial charge in [-0.2, -0.15) is 0 Å². The van der Waals surface area contributed by atoms with Gasteiger partial charge >= 0.3 is 0 Å². The Labute approximate surface area is 124 Å². The van der Waals surface area contributed by atoms with Gasteiger partial charge in [0.15, 0.2) is 0 Å². The van der Waals surface area contributed by atoms with Gasteiger partial charge in [-0.05, 0) is 44.9 Å². The maximum Gasteiger partial charge on any atom is 0.239 e. The smallest absolute Gasteiger partial charge is 0.239 e. The Kier molecular flexibility index (Phi) is 6.02. The van der Waals surface area contributed by atoms with E-state index in [9.17, 15) is 9.59 Å². The van der Waals surface area contributed by atoms with E-state index in [1.807, 2.05) is 39.0 Å². The van der Waals surface area contributed by atoms with Crippen LogP contribution in [0.2, 0.25) is 5.02 Å². The molecular weight excluding hydrogens is 276 g/mol. The monoisotopic (exact) mass is 296 g/mol. The summed E-state index contributed by atoms with van der Waals surface area (Å²) >= 11 is 5.87. The third-order valence-corrected chi connectivity index (χ3v) is 2.73. The van der Waals surface area contributed by atoms with Gasteiger partial charge in [0.2, 0.25) is 11.8 Å². The minimum atomic E-state index is -0.289. The molecule has 1 aromatic rings. The summed E-state index contributed by atoms with van der Waals surface area (Å²) in [6, 6.07) is 7.40. The molecule has 0 heterocycles. The van der Waals surface area contributed by atoms with E-state index in [1.165, 1.54) is 0 Å². The zero-order valence-electron chi connectivity index (χ0n) is 12.1. The van der Waals surface area contributed by atoms with Crippen LogP contribution in [-0.2, 0) is 16.0 Å². The second-order valence-electron chi connectivity index (χ2n) is 5.70. The molecule has 2 amide bonds. The highest BCUT2D eigenvalue weighted by atomic mass is 35.5. The van der Waals surface area contributed by atoms with Crippen LogP contribution < -0.4 is 10.6 Å². The number of carbonyl (C=O) groups excluding carboxylic acids is 2. The summed E-state index contributed by atoms with van der Waals surface area (Å²) in [6.45, 7) is 5.69. The average Bonchev–Trinajstić information content (AvgIpc) is 2.32. The topological polar surface area (TPSA) is 58.2 Å². The van der Waals surface area contributed by atoms with Gasteiger partial charge in [0, 0.05) is 17.0 Å². The largest absolute Gasteiger partial charge is 0.350 e. The Balaban J connectivity index is 2.29. The van der Waals surface area contributed by atoms with Gasteiger partial charge in [0.1, 0.15) is 0 Å². The number of rotatable bonds is 5. The molecule has 0 aliphatic rings. The predicted molar refractivity (Wildman–Crippen MR) is 80.7 cm³/mol. The maximum absolute atomic E-state index is 11.6. The highest BCUT2D eigenvalue weighted by Crippen LogP contribution is 2.11. The van der Waals surface area contributed by atoms with E-state index < -0.39 is 0 Å². The zero-order chi connectivity index (χ0) is 15.2. The third-order valence-electron chi connectivity index (χ3n) is 2.49. The fourth-order valence-electron chi connectivity index (χ4n) is 1.68. The molecule has 4 nitrogen and oxygen atoms in total. The number of hydrogen-bond acceptors (Lipinski definition) is 2. The number of benzene rings is 1. The molecule has 1 rings (SSSR count). The summed E-state index contributed by atoms with van der Waals surface area (Å²) in [5.41, 5.74) is 0.717. The van der Waals surface area contributed by atoms with Crippen molar-refractivity contribution < 1.29 is 9.59 Å². The van der Waals surface area contributed by atoms with E-state index >= 15 is 0 Å². The van der Waals surface area contributed by atoms with E-state index in [-0.39, 0.29) is 23.9 Å². The molecular formula is C15H21ClN2O2. The quantitative estimate of drug-likeness (QED) is 0.876. The first-order chi connectivity index (χ1) is 9.26. The summed E-state index contributed by atoms with van der Waals surface area (Å²) in [6.07, 6.45) is 0.941. The molecule has 0 aliphatic heterocycles. The van der Waals surface area contributed by atoms with Gasteiger partial charge in [-0.15, -0.1) is 0 Å². The molecule has 20 heavy (non-hydrogen) atoms. The Hall–Kier alpha value is -1.55. The van der Waals surface area contributed by atoms with Crippen molar-refractivity contribution in [2.45, 2.75) is 39.2 Å². The molecule has 1 aromatic carbocycles. The maximum atomic E-state index is 11.6. The highest BCUT2D eigenvalue weighted by Gasteiger charge is 2.14. The van der Waals surface area contributed by atoms with Crippen LogP contribution in [0.5, 0.6) is 0 Å². The summed E-state index contributed by atoms with van der Waals surface area (Å²) in [4.78, 5) is 23.2. The minimum Gasteiger partial charge on any atom is -0.350 e. The number of nitrogens with one attached hydrogen (secondary N) is 2. The highest BCUT2D eigenvalue weighted by molar-refractivity contribution is 6.30. The molecule has 0 aliphatic carbocycles. The number of hydrogen-bond donors (Lipinski definition) is 2. The summed E-state index contributed by atoms with van der Waals surface area (Å²) in [5, 5.41) is 6.05. The fraction of sp³-hybridized carbons (Fsp3) is 0.467. The second-order valence-corrected chi connectivity index (χ2v) is 6.14. The van der Waals surface area contributed by atoms with Crippen LogP contribution in [0.1, 0.15) is 32.8 Å². The zero-order valence-corrected chi connectivity index (χ0v) is 12.9. The van der Waals surface area contributed by atoms with Crippen LogP contribution in [0.25, 0.3) is 0 Å². The van der Waals surface area contributed by atoms with E-state index in [2.05, 4.69) is 10.6 Å². The van der Waals surface area contributed by atoms with Gasteiger partial charge in [0.25, 0.3) is 0 Å². The van der Waals surface area contributed by atoms with Gasteiger partial charge in [-0.3, -0.25) is 9.59 Å². The number of amides is 2. The number of halogens is 1. The van der Waals surface area contributed by atoms with Gasteiger partial charge in [-0.1, -0.05) is 23.7 Å². The van der Waals surface area contributed by atoms with Crippen LogP contribution >= 0.6 is 11.6 Å². The molecule has 0 atom stereocenters. The van der Waals surface area contributed by atoms with Crippen molar-refractivity contribution in [2.24, 2.45) is 0 Å². The Morgan fingerprint density at radius 2 is 1.90 bits per heavy atom. The fourth-order valence-corrected chi connectivity index (χ4v) is 1.89. The predicted octanol–water partition coefficient (Wildman–Crippen LogP) is 2.30. The molecule has 0 unspecified atom stereocenters. The summed E-state index contributed by atoms with van der Waals surface area (Å²) in [7, 11) is 0. The van der Waals surface area contributed by atoms with Crippen molar-refractivity contribution in [3.8, 4) is 0 Å². The van der Waals surface area contributed by atoms with E-state index in [4.69, 9.17) is 11.6 Å². The summed E-state index contributed by atoms with van der Waals surface area (Å²) < 4.78 is 0. The molecule has 0 spiro atoms. The van der Waals surface area contributed by atoms with E-state index in [0.717, 1.165) is 5.56 Å². The lowest BCUT2D eigenvalue weighted by atomic mass is 10.1. The first-order valence-electron chi connectivity index (χ1n) is 6.58. The van der Waals surface area contributed by atoms with Crippen molar-refractivity contribution in [2.75, 3.05) is 6.54 Å². The molecule has 0 radical (unpaired) electrons. The molecule has 2 N–H and O–H groups in total. The van der Waals surface area contributed by atoms with Crippen LogP contribution in [0.4, 0.5) is 0 Å². The van der Waals surface area contributed by atoms with E-state index in [1.54, 1.807) is 6.07 Å². The Bertz CT molecular complexity index is 481. The molecule has 0 saturated heterocycles. The molecule has 0 saturated carbocycles. The van der Waals surface area contributed by atoms with E-state index in [0.29, 0.717) is 17.9 Å².